The molecule has 1 unspecified atom stereocenters. The number of likely N-dealkylation sites (tertiary alicyclic amines) is 1. The number of nitrogens with zero attached hydrogens (tertiary/aromatic N) is 9. The highest BCUT2D eigenvalue weighted by atomic mass is 19.3. The molecule has 18 heteroatoms. The highest BCUT2D eigenvalue weighted by molar-refractivity contribution is 6.08. The van der Waals surface area contributed by atoms with E-state index in [4.69, 9.17) is 4.74 Å². The molecule has 1 amide bonds. The minimum Gasteiger partial charge on any atom is -0.435 e. The van der Waals surface area contributed by atoms with Crippen molar-refractivity contribution in [1.29, 1.82) is 0 Å². The van der Waals surface area contributed by atoms with E-state index >= 15 is 0 Å². The van der Waals surface area contributed by atoms with Crippen LogP contribution in [0.5, 0.6) is 11.5 Å². The molecule has 0 aliphatic carbocycles. The number of hydrogen-bond donors (Lipinski definition) is 2. The van der Waals surface area contributed by atoms with Crippen molar-refractivity contribution in [2.24, 2.45) is 0 Å². The second kappa shape index (κ2) is 12.2. The van der Waals surface area contributed by atoms with E-state index in [1.165, 1.54) is 27.9 Å². The van der Waals surface area contributed by atoms with Gasteiger partial charge in [0, 0.05) is 24.2 Å². The summed E-state index contributed by atoms with van der Waals surface area (Å²) in [5, 5.41) is 26.8. The zero-order chi connectivity index (χ0) is 30.8. The molecule has 1 aliphatic heterocycles. The first-order valence-electron chi connectivity index (χ1n) is 13.4. The van der Waals surface area contributed by atoms with Gasteiger partial charge < -0.3 is 19.7 Å². The molecule has 4 aromatic heterocycles. The minimum absolute atomic E-state index is 0.00232. The number of halogens is 4. The van der Waals surface area contributed by atoms with Crippen LogP contribution in [0.3, 0.4) is 0 Å². The second-order valence-electron chi connectivity index (χ2n) is 9.98. The average molecular weight is 616 g/mol. The van der Waals surface area contributed by atoms with Crippen LogP contribution < -0.4 is 14.8 Å². The third kappa shape index (κ3) is 6.01. The summed E-state index contributed by atoms with van der Waals surface area (Å²) >= 11 is 0. The number of hydrogen-bond acceptors (Lipinski definition) is 10. The number of H-pyrrole nitrogens is 1. The van der Waals surface area contributed by atoms with E-state index in [0.717, 1.165) is 44.1 Å². The number of amides is 1. The maximum absolute atomic E-state index is 13.5. The van der Waals surface area contributed by atoms with Crippen molar-refractivity contribution in [1.82, 2.24) is 49.9 Å². The SMILES string of the molecule is CN1CCC(n2nnc(C(c3cc(OC(F)F)ccc3OC(F)F)c3n[nH]cc3NC(=O)c3cnn4cccnc34)n2)CC1. The van der Waals surface area contributed by atoms with Crippen LogP contribution in [-0.2, 0) is 0 Å². The lowest BCUT2D eigenvalue weighted by atomic mass is 9.93. The van der Waals surface area contributed by atoms with Crippen LogP contribution in [0.1, 0.15) is 52.2 Å². The number of anilines is 1. The van der Waals surface area contributed by atoms with Crippen molar-refractivity contribution in [3.63, 3.8) is 0 Å². The van der Waals surface area contributed by atoms with Crippen molar-refractivity contribution in [2.75, 3.05) is 25.5 Å². The topological polar surface area (TPSA) is 153 Å². The number of carbonyl (C=O) groups excluding carboxylic acids is 1. The summed E-state index contributed by atoms with van der Waals surface area (Å²) in [6.07, 6.45) is 7.32. The molecule has 1 aliphatic rings. The molecule has 5 aromatic rings. The second-order valence-corrected chi connectivity index (χ2v) is 9.98. The maximum Gasteiger partial charge on any atom is 0.387 e. The summed E-state index contributed by atoms with van der Waals surface area (Å²) in [5.74, 6) is -2.52. The fourth-order valence-electron chi connectivity index (χ4n) is 5.07. The Morgan fingerprint density at radius 2 is 1.93 bits per heavy atom. The Bertz CT molecular complexity index is 1750. The quantitative estimate of drug-likeness (QED) is 0.224. The number of alkyl halides is 4. The molecule has 0 radical (unpaired) electrons. The molecule has 2 N–H and O–H groups in total. The fraction of sp³-hybridized carbons (Fsp3) is 0.346. The van der Waals surface area contributed by atoms with Crippen molar-refractivity contribution < 1.29 is 31.8 Å². The lowest BCUT2D eigenvalue weighted by Crippen LogP contribution is -2.32. The van der Waals surface area contributed by atoms with Crippen LogP contribution in [0, 0.1) is 0 Å². The highest BCUT2D eigenvalue weighted by Gasteiger charge is 2.33. The Morgan fingerprint density at radius 3 is 2.70 bits per heavy atom. The molecular weight excluding hydrogens is 590 g/mol. The van der Waals surface area contributed by atoms with E-state index in [2.05, 4.69) is 50.6 Å². The number of carbonyl (C=O) groups is 1. The zero-order valence-electron chi connectivity index (χ0n) is 23.0. The van der Waals surface area contributed by atoms with Gasteiger partial charge in [-0.3, -0.25) is 9.89 Å². The highest BCUT2D eigenvalue weighted by Crippen LogP contribution is 2.40. The van der Waals surface area contributed by atoms with Crippen LogP contribution in [0.2, 0.25) is 0 Å². The van der Waals surface area contributed by atoms with Gasteiger partial charge in [-0.2, -0.15) is 32.6 Å². The number of ether oxygens (including phenoxy) is 2. The molecule has 0 spiro atoms. The van der Waals surface area contributed by atoms with Gasteiger partial charge in [0.05, 0.1) is 23.8 Å². The van der Waals surface area contributed by atoms with E-state index in [-0.39, 0.29) is 45.9 Å². The monoisotopic (exact) mass is 615 g/mol. The van der Waals surface area contributed by atoms with Gasteiger partial charge in [-0.15, -0.1) is 10.2 Å². The third-order valence-corrected chi connectivity index (χ3v) is 7.17. The molecule has 1 saturated heterocycles. The number of piperidine rings is 1. The van der Waals surface area contributed by atoms with Crippen molar-refractivity contribution in [3.05, 3.63) is 71.7 Å². The first-order chi connectivity index (χ1) is 21.3. The Labute approximate surface area is 246 Å². The molecule has 230 valence electrons. The van der Waals surface area contributed by atoms with Crippen molar-refractivity contribution in [3.8, 4) is 11.5 Å². The number of fused-ring (bicyclic) bond motifs is 1. The first kappa shape index (κ1) is 29.0. The van der Waals surface area contributed by atoms with Crippen molar-refractivity contribution in [2.45, 2.75) is 38.0 Å². The summed E-state index contributed by atoms with van der Waals surface area (Å²) < 4.78 is 64.1. The summed E-state index contributed by atoms with van der Waals surface area (Å²) in [5.41, 5.74) is 0.549. The molecule has 44 heavy (non-hydrogen) atoms. The molecule has 1 fully saturated rings. The van der Waals surface area contributed by atoms with Gasteiger partial charge in [0.25, 0.3) is 5.91 Å². The molecule has 6 rings (SSSR count). The summed E-state index contributed by atoms with van der Waals surface area (Å²) in [4.78, 5) is 21.1. The van der Waals surface area contributed by atoms with Gasteiger partial charge in [0.15, 0.2) is 11.5 Å². The number of tetrazole rings is 1. The zero-order valence-corrected chi connectivity index (χ0v) is 23.0. The molecule has 5 heterocycles. The maximum atomic E-state index is 13.5. The largest absolute Gasteiger partial charge is 0.435 e. The van der Waals surface area contributed by atoms with Gasteiger partial charge in [0.2, 0.25) is 0 Å². The fourth-order valence-corrected chi connectivity index (χ4v) is 5.07. The van der Waals surface area contributed by atoms with E-state index in [1.807, 2.05) is 7.05 Å². The lowest BCUT2D eigenvalue weighted by Gasteiger charge is -2.27. The lowest BCUT2D eigenvalue weighted by molar-refractivity contribution is -0.0535. The van der Waals surface area contributed by atoms with E-state index in [1.54, 1.807) is 12.3 Å². The normalized spacial score (nSPS) is 15.2. The van der Waals surface area contributed by atoms with Crippen LogP contribution in [0.25, 0.3) is 5.65 Å². The number of nitrogens with one attached hydrogen (secondary N) is 2. The Balaban J connectivity index is 1.43. The number of rotatable bonds is 10. The summed E-state index contributed by atoms with van der Waals surface area (Å²) in [7, 11) is 2.00. The van der Waals surface area contributed by atoms with E-state index in [9.17, 15) is 22.4 Å². The Hall–Kier alpha value is -5.13. The number of benzene rings is 1. The van der Waals surface area contributed by atoms with Gasteiger partial charge in [0.1, 0.15) is 22.8 Å². The molecule has 14 nitrogen and oxygen atoms in total. The first-order valence-corrected chi connectivity index (χ1v) is 13.4. The molecule has 0 bridgehead atoms. The number of aromatic nitrogens is 9. The molecule has 0 saturated carbocycles. The van der Waals surface area contributed by atoms with Gasteiger partial charge in [-0.1, -0.05) is 0 Å². The van der Waals surface area contributed by atoms with Crippen LogP contribution >= 0.6 is 0 Å². The van der Waals surface area contributed by atoms with Gasteiger partial charge >= 0.3 is 13.2 Å². The summed E-state index contributed by atoms with van der Waals surface area (Å²) in [6.45, 7) is -4.83. The standard InChI is InChI=1S/C26H25F4N11O3/c1-39-9-5-14(6-10-39)41-37-22(36-38-41)20(16-11-15(43-25(27)28)3-4-19(16)44-26(29)30)21-18(13-32-35-21)34-24(42)17-12-33-40-8-2-7-31-23(17)40/h2-4,7-8,11-14,20,25-26H,5-6,9-10H2,1H3,(H,32,35)(H,34,42). The van der Waals surface area contributed by atoms with Crippen LogP contribution in [-0.4, -0.2) is 89.2 Å². The van der Waals surface area contributed by atoms with E-state index in [0.29, 0.717) is 5.65 Å². The van der Waals surface area contributed by atoms with Gasteiger partial charge in [-0.05, 0) is 62.5 Å². The molecule has 1 atom stereocenters. The third-order valence-electron chi connectivity index (χ3n) is 7.17. The smallest absolute Gasteiger partial charge is 0.387 e. The Morgan fingerprint density at radius 1 is 1.14 bits per heavy atom. The van der Waals surface area contributed by atoms with Crippen LogP contribution in [0.4, 0.5) is 23.2 Å². The predicted molar refractivity (Wildman–Crippen MR) is 144 cm³/mol. The van der Waals surface area contributed by atoms with Gasteiger partial charge in [-0.25, -0.2) is 9.50 Å². The molecule has 1 aromatic carbocycles. The van der Waals surface area contributed by atoms with Crippen molar-refractivity contribution >= 4 is 17.2 Å². The van der Waals surface area contributed by atoms with E-state index < -0.39 is 25.0 Å². The molecular formula is C26H25F4N11O3. The van der Waals surface area contributed by atoms with Crippen LogP contribution in [0.15, 0.2) is 49.1 Å². The summed E-state index contributed by atoms with van der Waals surface area (Å²) in [6, 6.07) is 4.82. The minimum atomic E-state index is -3.25. The Kier molecular flexibility index (Phi) is 8.05. The average Bonchev–Trinajstić information content (AvgIpc) is 3.75. The predicted octanol–water partition coefficient (Wildman–Crippen LogP) is 3.34. The number of aromatic amines is 1.